The van der Waals surface area contributed by atoms with Gasteiger partial charge in [-0.3, -0.25) is 4.21 Å². The number of nitrogens with zero attached hydrogens (tertiary/aromatic N) is 1. The van der Waals surface area contributed by atoms with Gasteiger partial charge in [0.05, 0.1) is 11.6 Å². The second-order valence-corrected chi connectivity index (χ2v) is 5.85. The third kappa shape index (κ3) is 3.18. The van der Waals surface area contributed by atoms with Gasteiger partial charge in [-0.15, -0.1) is 0 Å². The first-order chi connectivity index (χ1) is 7.58. The first kappa shape index (κ1) is 12.9. The molecular formula is C13H17NOS. The molecule has 0 aliphatic rings. The molecule has 16 heavy (non-hydrogen) atoms. The molecule has 3 heteroatoms. The normalized spacial score (nSPS) is 14.1. The molecule has 0 amide bonds. The lowest BCUT2D eigenvalue weighted by Gasteiger charge is -2.10. The first-order valence-electron chi connectivity index (χ1n) is 5.45. The number of nitriles is 1. The number of hydrogen-bond acceptors (Lipinski definition) is 2. The van der Waals surface area contributed by atoms with Crippen LogP contribution in [0.15, 0.2) is 18.2 Å². The summed E-state index contributed by atoms with van der Waals surface area (Å²) in [5.41, 5.74) is 2.80. The molecule has 0 heterocycles. The number of aryl methyl sites for hydroxylation is 1. The summed E-state index contributed by atoms with van der Waals surface area (Å²) in [4.78, 5) is 0. The van der Waals surface area contributed by atoms with E-state index in [9.17, 15) is 4.21 Å². The van der Waals surface area contributed by atoms with Crippen LogP contribution in [0.2, 0.25) is 0 Å². The van der Waals surface area contributed by atoms with Crippen molar-refractivity contribution in [3.8, 4) is 6.07 Å². The first-order valence-corrected chi connectivity index (χ1v) is 6.83. The summed E-state index contributed by atoms with van der Waals surface area (Å²) in [6.07, 6.45) is 0.932. The molecule has 0 N–H and O–H groups in total. The minimum absolute atomic E-state index is 0.232. The summed E-state index contributed by atoms with van der Waals surface area (Å²) < 4.78 is 11.9. The minimum atomic E-state index is -0.818. The van der Waals surface area contributed by atoms with E-state index in [1.165, 1.54) is 0 Å². The van der Waals surface area contributed by atoms with Crippen LogP contribution in [0.5, 0.6) is 0 Å². The average Bonchev–Trinajstić information content (AvgIpc) is 2.30. The molecule has 2 atom stereocenters. The van der Waals surface area contributed by atoms with E-state index in [4.69, 9.17) is 5.26 Å². The molecule has 0 bridgehead atoms. The van der Waals surface area contributed by atoms with Crippen LogP contribution in [-0.4, -0.2) is 9.46 Å². The molecule has 2 nitrogen and oxygen atoms in total. The van der Waals surface area contributed by atoms with E-state index in [2.05, 4.69) is 6.07 Å². The lowest BCUT2D eigenvalue weighted by atomic mass is 10.1. The Morgan fingerprint density at radius 2 is 2.19 bits per heavy atom. The van der Waals surface area contributed by atoms with Gasteiger partial charge in [0.2, 0.25) is 0 Å². The van der Waals surface area contributed by atoms with Gasteiger partial charge in [0.1, 0.15) is 0 Å². The van der Waals surface area contributed by atoms with Crippen LogP contribution in [0.4, 0.5) is 0 Å². The Bertz CT molecular complexity index is 434. The van der Waals surface area contributed by atoms with Gasteiger partial charge >= 0.3 is 0 Å². The van der Waals surface area contributed by atoms with Crippen LogP contribution < -0.4 is 0 Å². The summed E-state index contributed by atoms with van der Waals surface area (Å²) >= 11 is 0. The topological polar surface area (TPSA) is 40.9 Å². The van der Waals surface area contributed by atoms with E-state index >= 15 is 0 Å². The van der Waals surface area contributed by atoms with Crippen molar-refractivity contribution in [1.82, 2.24) is 0 Å². The second kappa shape index (κ2) is 5.81. The monoisotopic (exact) mass is 235 g/mol. The van der Waals surface area contributed by atoms with Crippen LogP contribution in [0.3, 0.4) is 0 Å². The van der Waals surface area contributed by atoms with Gasteiger partial charge in [-0.2, -0.15) is 5.26 Å². The molecule has 0 spiro atoms. The Morgan fingerprint density at radius 1 is 1.50 bits per heavy atom. The third-order valence-corrected chi connectivity index (χ3v) is 4.62. The Kier molecular flexibility index (Phi) is 4.70. The second-order valence-electron chi connectivity index (χ2n) is 4.00. The van der Waals surface area contributed by atoms with Gasteiger partial charge in [0.15, 0.2) is 0 Å². The average molecular weight is 235 g/mol. The van der Waals surface area contributed by atoms with E-state index in [0.29, 0.717) is 11.3 Å². The van der Waals surface area contributed by atoms with Gasteiger partial charge in [-0.1, -0.05) is 19.9 Å². The van der Waals surface area contributed by atoms with Crippen LogP contribution in [0.1, 0.15) is 37.0 Å². The van der Waals surface area contributed by atoms with Crippen LogP contribution in [0, 0.1) is 18.3 Å². The molecule has 0 saturated carbocycles. The molecule has 2 unspecified atom stereocenters. The summed E-state index contributed by atoms with van der Waals surface area (Å²) in [5, 5.41) is 8.98. The Hall–Kier alpha value is -1.14. The summed E-state index contributed by atoms with van der Waals surface area (Å²) in [6, 6.07) is 7.66. The van der Waals surface area contributed by atoms with Crippen molar-refractivity contribution in [3.05, 3.63) is 34.9 Å². The van der Waals surface area contributed by atoms with Crippen molar-refractivity contribution >= 4 is 10.8 Å². The zero-order valence-electron chi connectivity index (χ0n) is 9.99. The van der Waals surface area contributed by atoms with Gasteiger partial charge in [0.25, 0.3) is 0 Å². The van der Waals surface area contributed by atoms with Crippen LogP contribution in [0.25, 0.3) is 0 Å². The minimum Gasteiger partial charge on any atom is -0.259 e. The van der Waals surface area contributed by atoms with Crippen molar-refractivity contribution in [2.45, 2.75) is 38.2 Å². The van der Waals surface area contributed by atoms with E-state index in [-0.39, 0.29) is 5.25 Å². The third-order valence-electron chi connectivity index (χ3n) is 2.79. The van der Waals surface area contributed by atoms with Crippen molar-refractivity contribution in [1.29, 1.82) is 5.26 Å². The van der Waals surface area contributed by atoms with Crippen molar-refractivity contribution in [2.24, 2.45) is 0 Å². The molecule has 86 valence electrons. The van der Waals surface area contributed by atoms with Crippen molar-refractivity contribution in [2.75, 3.05) is 0 Å². The molecule has 0 aromatic heterocycles. The highest BCUT2D eigenvalue weighted by molar-refractivity contribution is 7.84. The Labute approximate surface area is 99.8 Å². The van der Waals surface area contributed by atoms with Gasteiger partial charge in [-0.05, 0) is 36.6 Å². The molecule has 1 aromatic carbocycles. The highest BCUT2D eigenvalue weighted by Crippen LogP contribution is 2.15. The Balaban J connectivity index is 2.83. The predicted octanol–water partition coefficient (Wildman–Crippen LogP) is 2.91. The molecule has 0 saturated heterocycles. The molecule has 1 rings (SSSR count). The molecule has 0 radical (unpaired) electrons. The fraction of sp³-hybridized carbons (Fsp3) is 0.462. The lowest BCUT2D eigenvalue weighted by Crippen LogP contribution is -2.11. The highest BCUT2D eigenvalue weighted by Gasteiger charge is 2.10. The van der Waals surface area contributed by atoms with Gasteiger partial charge in [-0.25, -0.2) is 0 Å². The molecule has 0 fully saturated rings. The van der Waals surface area contributed by atoms with Gasteiger partial charge in [0, 0.05) is 21.8 Å². The Morgan fingerprint density at radius 3 is 2.69 bits per heavy atom. The smallest absolute Gasteiger partial charge is 0.0991 e. The maximum Gasteiger partial charge on any atom is 0.0991 e. The van der Waals surface area contributed by atoms with Crippen LogP contribution in [-0.2, 0) is 16.6 Å². The predicted molar refractivity (Wildman–Crippen MR) is 67.5 cm³/mol. The fourth-order valence-corrected chi connectivity index (χ4v) is 2.70. The molecule has 1 aromatic rings. The summed E-state index contributed by atoms with van der Waals surface area (Å²) in [5.74, 6) is 0.590. The zero-order valence-corrected chi connectivity index (χ0v) is 10.8. The number of hydrogen-bond donors (Lipinski definition) is 0. The van der Waals surface area contributed by atoms with E-state index < -0.39 is 10.8 Å². The number of benzene rings is 1. The molecular weight excluding hydrogens is 218 g/mol. The van der Waals surface area contributed by atoms with Gasteiger partial charge < -0.3 is 0 Å². The SMILES string of the molecule is CCC(C)S(=O)Cc1ccc(C#N)cc1C. The zero-order chi connectivity index (χ0) is 12.1. The van der Waals surface area contributed by atoms with Crippen molar-refractivity contribution in [3.63, 3.8) is 0 Å². The van der Waals surface area contributed by atoms with E-state index in [1.54, 1.807) is 6.07 Å². The number of rotatable bonds is 4. The fourth-order valence-electron chi connectivity index (χ4n) is 1.41. The quantitative estimate of drug-likeness (QED) is 0.805. The summed E-state index contributed by atoms with van der Waals surface area (Å²) in [6.45, 7) is 6.02. The highest BCUT2D eigenvalue weighted by atomic mass is 32.2. The maximum absolute atomic E-state index is 11.9. The summed E-state index contributed by atoms with van der Waals surface area (Å²) in [7, 11) is -0.818. The largest absolute Gasteiger partial charge is 0.259 e. The molecule has 0 aliphatic heterocycles. The van der Waals surface area contributed by atoms with Crippen LogP contribution >= 0.6 is 0 Å². The lowest BCUT2D eigenvalue weighted by molar-refractivity contribution is 0.669. The maximum atomic E-state index is 11.9. The van der Waals surface area contributed by atoms with E-state index in [0.717, 1.165) is 17.5 Å². The van der Waals surface area contributed by atoms with Crippen molar-refractivity contribution < 1.29 is 4.21 Å². The molecule has 0 aliphatic carbocycles. The standard InChI is InChI=1S/C13H17NOS/c1-4-11(3)16(15)9-13-6-5-12(8-14)7-10(13)2/h5-7,11H,4,9H2,1-3H3. The van der Waals surface area contributed by atoms with E-state index in [1.807, 2.05) is 32.9 Å².